The Labute approximate surface area is 99.2 Å². The summed E-state index contributed by atoms with van der Waals surface area (Å²) < 4.78 is 0. The van der Waals surface area contributed by atoms with Gasteiger partial charge in [0, 0.05) is 11.2 Å². The van der Waals surface area contributed by atoms with E-state index in [1.54, 1.807) is 0 Å². The van der Waals surface area contributed by atoms with Crippen LogP contribution < -0.4 is 11.1 Å². The van der Waals surface area contributed by atoms with Crippen molar-refractivity contribution in [2.24, 2.45) is 5.73 Å². The molecule has 2 heteroatoms. The molecular formula is C14H24N2. The van der Waals surface area contributed by atoms with Crippen LogP contribution in [0.2, 0.25) is 0 Å². The molecule has 1 aromatic rings. The monoisotopic (exact) mass is 220 g/mol. The highest BCUT2D eigenvalue weighted by atomic mass is 15.0. The van der Waals surface area contributed by atoms with E-state index in [1.165, 1.54) is 16.8 Å². The molecule has 3 N–H and O–H groups in total. The van der Waals surface area contributed by atoms with Gasteiger partial charge >= 0.3 is 0 Å². The molecule has 0 unspecified atom stereocenters. The summed E-state index contributed by atoms with van der Waals surface area (Å²) in [6.45, 7) is 9.46. The Bertz CT molecular complexity index is 343. The zero-order valence-corrected chi connectivity index (χ0v) is 10.9. The van der Waals surface area contributed by atoms with Gasteiger partial charge in [-0.2, -0.15) is 0 Å². The molecule has 1 aromatic carbocycles. The SMILES string of the molecule is CCc1cccc(C)c1NC(C)(C)CCN. The van der Waals surface area contributed by atoms with Crippen molar-refractivity contribution in [3.05, 3.63) is 29.3 Å². The highest BCUT2D eigenvalue weighted by Gasteiger charge is 2.18. The van der Waals surface area contributed by atoms with Crippen molar-refractivity contribution in [2.45, 2.75) is 46.1 Å². The van der Waals surface area contributed by atoms with Crippen LogP contribution in [-0.4, -0.2) is 12.1 Å². The lowest BCUT2D eigenvalue weighted by Crippen LogP contribution is -2.34. The van der Waals surface area contributed by atoms with Gasteiger partial charge in [0.2, 0.25) is 0 Å². The number of nitrogens with one attached hydrogen (secondary N) is 1. The van der Waals surface area contributed by atoms with Gasteiger partial charge in [-0.3, -0.25) is 0 Å². The minimum Gasteiger partial charge on any atom is -0.380 e. The summed E-state index contributed by atoms with van der Waals surface area (Å²) in [5, 5.41) is 3.63. The predicted molar refractivity (Wildman–Crippen MR) is 71.9 cm³/mol. The van der Waals surface area contributed by atoms with E-state index in [1.807, 2.05) is 0 Å². The van der Waals surface area contributed by atoms with E-state index in [2.05, 4.69) is 51.2 Å². The second kappa shape index (κ2) is 5.35. The van der Waals surface area contributed by atoms with Crippen LogP contribution in [0.1, 0.15) is 38.3 Å². The summed E-state index contributed by atoms with van der Waals surface area (Å²) in [4.78, 5) is 0. The number of rotatable bonds is 5. The highest BCUT2D eigenvalue weighted by molar-refractivity contribution is 5.58. The molecule has 2 nitrogen and oxygen atoms in total. The van der Waals surface area contributed by atoms with Gasteiger partial charge in [0.05, 0.1) is 0 Å². The largest absolute Gasteiger partial charge is 0.380 e. The number of anilines is 1. The van der Waals surface area contributed by atoms with Crippen LogP contribution >= 0.6 is 0 Å². The Morgan fingerprint density at radius 1 is 1.31 bits per heavy atom. The molecule has 0 saturated heterocycles. The molecule has 0 spiro atoms. The molecule has 16 heavy (non-hydrogen) atoms. The fourth-order valence-electron chi connectivity index (χ4n) is 1.96. The number of hydrogen-bond acceptors (Lipinski definition) is 2. The van der Waals surface area contributed by atoms with E-state index in [9.17, 15) is 0 Å². The molecule has 0 aliphatic heterocycles. The summed E-state index contributed by atoms with van der Waals surface area (Å²) >= 11 is 0. The fraction of sp³-hybridized carbons (Fsp3) is 0.571. The minimum atomic E-state index is 0.0603. The van der Waals surface area contributed by atoms with Gasteiger partial charge in [0.25, 0.3) is 0 Å². The van der Waals surface area contributed by atoms with Gasteiger partial charge in [-0.15, -0.1) is 0 Å². The van der Waals surface area contributed by atoms with Crippen LogP contribution in [0.3, 0.4) is 0 Å². The van der Waals surface area contributed by atoms with Gasteiger partial charge < -0.3 is 11.1 Å². The van der Waals surface area contributed by atoms with Gasteiger partial charge in [0.15, 0.2) is 0 Å². The molecule has 0 bridgehead atoms. The van der Waals surface area contributed by atoms with Gasteiger partial charge in [-0.25, -0.2) is 0 Å². The summed E-state index contributed by atoms with van der Waals surface area (Å²) in [7, 11) is 0. The topological polar surface area (TPSA) is 38.0 Å². The Hall–Kier alpha value is -1.02. The molecule has 0 aliphatic rings. The van der Waals surface area contributed by atoms with Gasteiger partial charge in [-0.1, -0.05) is 25.1 Å². The van der Waals surface area contributed by atoms with Crippen molar-refractivity contribution in [1.82, 2.24) is 0 Å². The van der Waals surface area contributed by atoms with Crippen LogP contribution in [-0.2, 0) is 6.42 Å². The summed E-state index contributed by atoms with van der Waals surface area (Å²) in [6, 6.07) is 6.46. The predicted octanol–water partition coefficient (Wildman–Crippen LogP) is 3.10. The maximum absolute atomic E-state index is 5.64. The quantitative estimate of drug-likeness (QED) is 0.800. The van der Waals surface area contributed by atoms with Crippen LogP contribution in [0.25, 0.3) is 0 Å². The molecule has 90 valence electrons. The number of nitrogens with two attached hydrogens (primary N) is 1. The number of benzene rings is 1. The zero-order valence-electron chi connectivity index (χ0n) is 10.9. The Morgan fingerprint density at radius 3 is 2.56 bits per heavy atom. The molecule has 0 heterocycles. The van der Waals surface area contributed by atoms with Crippen molar-refractivity contribution in [1.29, 1.82) is 0 Å². The third-order valence-electron chi connectivity index (χ3n) is 2.97. The maximum atomic E-state index is 5.64. The second-order valence-electron chi connectivity index (χ2n) is 5.01. The van der Waals surface area contributed by atoms with E-state index >= 15 is 0 Å². The standard InChI is InChI=1S/C14H24N2/c1-5-12-8-6-7-11(2)13(12)16-14(3,4)9-10-15/h6-8,16H,5,9-10,15H2,1-4H3. The molecular weight excluding hydrogens is 196 g/mol. The van der Waals surface area contributed by atoms with Crippen molar-refractivity contribution in [3.8, 4) is 0 Å². The van der Waals surface area contributed by atoms with E-state index in [0.29, 0.717) is 6.54 Å². The zero-order chi connectivity index (χ0) is 12.2. The fourth-order valence-corrected chi connectivity index (χ4v) is 1.96. The van der Waals surface area contributed by atoms with Crippen molar-refractivity contribution in [3.63, 3.8) is 0 Å². The normalized spacial score (nSPS) is 11.6. The molecule has 0 aliphatic carbocycles. The molecule has 0 atom stereocenters. The van der Waals surface area contributed by atoms with E-state index in [-0.39, 0.29) is 5.54 Å². The van der Waals surface area contributed by atoms with Crippen molar-refractivity contribution in [2.75, 3.05) is 11.9 Å². The van der Waals surface area contributed by atoms with Crippen molar-refractivity contribution >= 4 is 5.69 Å². The molecule has 0 aromatic heterocycles. The van der Waals surface area contributed by atoms with Crippen LogP contribution in [0.4, 0.5) is 5.69 Å². The lowest BCUT2D eigenvalue weighted by Gasteiger charge is -2.29. The second-order valence-corrected chi connectivity index (χ2v) is 5.01. The molecule has 0 saturated carbocycles. The summed E-state index contributed by atoms with van der Waals surface area (Å²) in [5.41, 5.74) is 9.67. The average molecular weight is 220 g/mol. The van der Waals surface area contributed by atoms with E-state index in [4.69, 9.17) is 5.73 Å². The Balaban J connectivity index is 2.95. The third kappa shape index (κ3) is 3.24. The smallest absolute Gasteiger partial charge is 0.0406 e. The lowest BCUT2D eigenvalue weighted by atomic mass is 9.97. The lowest BCUT2D eigenvalue weighted by molar-refractivity contribution is 0.525. The number of aryl methyl sites for hydroxylation is 2. The first-order chi connectivity index (χ1) is 7.50. The number of hydrogen-bond donors (Lipinski definition) is 2. The third-order valence-corrected chi connectivity index (χ3v) is 2.97. The Kier molecular flexibility index (Phi) is 4.36. The summed E-state index contributed by atoms with van der Waals surface area (Å²) in [5.74, 6) is 0. The first-order valence-electron chi connectivity index (χ1n) is 6.07. The summed E-state index contributed by atoms with van der Waals surface area (Å²) in [6.07, 6.45) is 2.03. The maximum Gasteiger partial charge on any atom is 0.0406 e. The van der Waals surface area contributed by atoms with Gasteiger partial charge in [0.1, 0.15) is 0 Å². The Morgan fingerprint density at radius 2 is 2.00 bits per heavy atom. The van der Waals surface area contributed by atoms with Crippen LogP contribution in [0.15, 0.2) is 18.2 Å². The van der Waals surface area contributed by atoms with Crippen molar-refractivity contribution < 1.29 is 0 Å². The minimum absolute atomic E-state index is 0.0603. The highest BCUT2D eigenvalue weighted by Crippen LogP contribution is 2.25. The average Bonchev–Trinajstić information content (AvgIpc) is 2.20. The van der Waals surface area contributed by atoms with E-state index < -0.39 is 0 Å². The molecule has 0 fully saturated rings. The first-order valence-corrected chi connectivity index (χ1v) is 6.07. The van der Waals surface area contributed by atoms with Crippen LogP contribution in [0.5, 0.6) is 0 Å². The first kappa shape index (κ1) is 13.0. The van der Waals surface area contributed by atoms with Crippen LogP contribution in [0, 0.1) is 6.92 Å². The molecule has 1 rings (SSSR count). The van der Waals surface area contributed by atoms with Gasteiger partial charge in [-0.05, 0) is 51.3 Å². The molecule has 0 radical (unpaired) electrons. The van der Waals surface area contributed by atoms with E-state index in [0.717, 1.165) is 12.8 Å². The number of para-hydroxylation sites is 1. The molecule has 0 amide bonds.